The Labute approximate surface area is 133 Å². The largest absolute Gasteiger partial charge is 0.356 e. The molecule has 0 unspecified atom stereocenters. The molecule has 0 amide bonds. The van der Waals surface area contributed by atoms with Gasteiger partial charge in [0.05, 0.1) is 5.69 Å². The van der Waals surface area contributed by atoms with Crippen LogP contribution in [0.15, 0.2) is 30.9 Å². The average molecular weight is 314 g/mol. The molecule has 0 radical (unpaired) electrons. The molecule has 2 heterocycles. The van der Waals surface area contributed by atoms with Crippen molar-refractivity contribution in [3.05, 3.63) is 47.0 Å². The molecule has 0 aliphatic carbocycles. The van der Waals surface area contributed by atoms with Crippen LogP contribution in [0.4, 0.5) is 5.13 Å². The van der Waals surface area contributed by atoms with E-state index in [2.05, 4.69) is 64.6 Å². The van der Waals surface area contributed by atoms with Crippen molar-refractivity contribution in [3.63, 3.8) is 0 Å². The van der Waals surface area contributed by atoms with Crippen LogP contribution in [-0.4, -0.2) is 25.0 Å². The molecule has 3 aromatic rings. The van der Waals surface area contributed by atoms with Crippen molar-refractivity contribution in [2.24, 2.45) is 0 Å². The Kier molecular flexibility index (Phi) is 4.15. The molecule has 114 valence electrons. The second kappa shape index (κ2) is 6.23. The summed E-state index contributed by atoms with van der Waals surface area (Å²) in [4.78, 5) is 3.98. The van der Waals surface area contributed by atoms with Crippen molar-refractivity contribution < 1.29 is 0 Å². The van der Waals surface area contributed by atoms with Crippen LogP contribution < -0.4 is 5.32 Å². The van der Waals surface area contributed by atoms with Gasteiger partial charge in [0, 0.05) is 12.5 Å². The van der Waals surface area contributed by atoms with Crippen molar-refractivity contribution in [3.8, 4) is 5.69 Å². The third kappa shape index (κ3) is 3.14. The number of hydrogen-bond donors (Lipinski definition) is 1. The van der Waals surface area contributed by atoms with Gasteiger partial charge >= 0.3 is 0 Å². The van der Waals surface area contributed by atoms with E-state index in [4.69, 9.17) is 0 Å². The van der Waals surface area contributed by atoms with Crippen LogP contribution in [0, 0.1) is 6.92 Å². The SMILES string of the molecule is Cc1cc(CNc2nnc(C(C)C)s2)ccc1-n1cncn1. The normalized spacial score (nSPS) is 11.1. The van der Waals surface area contributed by atoms with Gasteiger partial charge in [0.1, 0.15) is 17.7 Å². The predicted octanol–water partition coefficient (Wildman–Crippen LogP) is 3.16. The Morgan fingerprint density at radius 2 is 2.14 bits per heavy atom. The summed E-state index contributed by atoms with van der Waals surface area (Å²) in [5.74, 6) is 0.414. The van der Waals surface area contributed by atoms with Crippen molar-refractivity contribution in [2.45, 2.75) is 33.2 Å². The minimum atomic E-state index is 0.414. The van der Waals surface area contributed by atoms with E-state index >= 15 is 0 Å². The van der Waals surface area contributed by atoms with Crippen LogP contribution in [0.2, 0.25) is 0 Å². The number of benzene rings is 1. The highest BCUT2D eigenvalue weighted by atomic mass is 32.1. The van der Waals surface area contributed by atoms with E-state index in [1.165, 1.54) is 11.9 Å². The van der Waals surface area contributed by atoms with Crippen LogP contribution >= 0.6 is 11.3 Å². The first kappa shape index (κ1) is 14.6. The van der Waals surface area contributed by atoms with E-state index < -0.39 is 0 Å². The highest BCUT2D eigenvalue weighted by Crippen LogP contribution is 2.23. The number of hydrogen-bond acceptors (Lipinski definition) is 6. The third-order valence-electron chi connectivity index (χ3n) is 3.31. The minimum absolute atomic E-state index is 0.414. The molecule has 0 bridgehead atoms. The number of nitrogens with zero attached hydrogens (tertiary/aromatic N) is 5. The fourth-order valence-electron chi connectivity index (χ4n) is 2.13. The average Bonchev–Trinajstić information content (AvgIpc) is 3.17. The van der Waals surface area contributed by atoms with Gasteiger partial charge in [0.2, 0.25) is 5.13 Å². The molecule has 3 rings (SSSR count). The lowest BCUT2D eigenvalue weighted by Gasteiger charge is -2.08. The first-order valence-electron chi connectivity index (χ1n) is 7.15. The number of aromatic nitrogens is 5. The summed E-state index contributed by atoms with van der Waals surface area (Å²) in [5.41, 5.74) is 3.40. The molecule has 1 N–H and O–H groups in total. The molecule has 0 saturated heterocycles. The second-order valence-electron chi connectivity index (χ2n) is 5.41. The molecule has 0 fully saturated rings. The number of anilines is 1. The Morgan fingerprint density at radius 1 is 1.27 bits per heavy atom. The highest BCUT2D eigenvalue weighted by molar-refractivity contribution is 7.15. The van der Waals surface area contributed by atoms with Crippen LogP contribution in [0.25, 0.3) is 5.69 Å². The van der Waals surface area contributed by atoms with E-state index in [0.717, 1.165) is 27.9 Å². The first-order valence-corrected chi connectivity index (χ1v) is 7.97. The molecule has 0 aliphatic heterocycles. The van der Waals surface area contributed by atoms with Crippen molar-refractivity contribution >= 4 is 16.5 Å². The van der Waals surface area contributed by atoms with Crippen LogP contribution in [-0.2, 0) is 6.54 Å². The van der Waals surface area contributed by atoms with Gasteiger partial charge in [-0.3, -0.25) is 0 Å². The molecule has 0 spiro atoms. The topological polar surface area (TPSA) is 68.5 Å². The Bertz CT molecular complexity index is 747. The lowest BCUT2D eigenvalue weighted by atomic mass is 10.1. The van der Waals surface area contributed by atoms with Gasteiger partial charge in [-0.1, -0.05) is 37.3 Å². The zero-order valence-corrected chi connectivity index (χ0v) is 13.6. The summed E-state index contributed by atoms with van der Waals surface area (Å²) < 4.78 is 1.77. The summed E-state index contributed by atoms with van der Waals surface area (Å²) in [6, 6.07) is 6.29. The van der Waals surface area contributed by atoms with E-state index in [1.54, 1.807) is 22.3 Å². The molecule has 1 aromatic carbocycles. The van der Waals surface area contributed by atoms with E-state index in [9.17, 15) is 0 Å². The summed E-state index contributed by atoms with van der Waals surface area (Å²) in [6.07, 6.45) is 3.24. The molecule has 6 nitrogen and oxygen atoms in total. The molecular formula is C15H18N6S. The first-order chi connectivity index (χ1) is 10.6. The van der Waals surface area contributed by atoms with E-state index in [1.807, 2.05) is 0 Å². The van der Waals surface area contributed by atoms with Gasteiger partial charge in [-0.25, -0.2) is 9.67 Å². The summed E-state index contributed by atoms with van der Waals surface area (Å²) >= 11 is 1.61. The smallest absolute Gasteiger partial charge is 0.205 e. The number of nitrogens with one attached hydrogen (secondary N) is 1. The second-order valence-corrected chi connectivity index (χ2v) is 6.42. The van der Waals surface area contributed by atoms with Crippen molar-refractivity contribution in [1.29, 1.82) is 0 Å². The molecule has 2 aromatic heterocycles. The molecular weight excluding hydrogens is 296 g/mol. The Morgan fingerprint density at radius 3 is 2.77 bits per heavy atom. The van der Waals surface area contributed by atoms with Gasteiger partial charge < -0.3 is 5.32 Å². The maximum absolute atomic E-state index is 4.18. The van der Waals surface area contributed by atoms with E-state index in [0.29, 0.717) is 5.92 Å². The van der Waals surface area contributed by atoms with Crippen molar-refractivity contribution in [2.75, 3.05) is 5.32 Å². The van der Waals surface area contributed by atoms with Gasteiger partial charge in [-0.05, 0) is 24.1 Å². The van der Waals surface area contributed by atoms with Gasteiger partial charge in [0.25, 0.3) is 0 Å². The Hall–Kier alpha value is -2.28. The maximum Gasteiger partial charge on any atom is 0.205 e. The summed E-state index contributed by atoms with van der Waals surface area (Å²) in [5, 5.41) is 17.8. The molecule has 22 heavy (non-hydrogen) atoms. The van der Waals surface area contributed by atoms with Crippen LogP contribution in [0.1, 0.15) is 35.9 Å². The Balaban J connectivity index is 1.69. The quantitative estimate of drug-likeness (QED) is 0.783. The zero-order valence-electron chi connectivity index (χ0n) is 12.8. The molecule has 0 atom stereocenters. The van der Waals surface area contributed by atoms with Crippen molar-refractivity contribution in [1.82, 2.24) is 25.0 Å². The van der Waals surface area contributed by atoms with Gasteiger partial charge in [-0.2, -0.15) is 5.10 Å². The predicted molar refractivity (Wildman–Crippen MR) is 87.4 cm³/mol. The number of aryl methyl sites for hydroxylation is 1. The highest BCUT2D eigenvalue weighted by Gasteiger charge is 2.08. The molecule has 7 heteroatoms. The fourth-order valence-corrected chi connectivity index (χ4v) is 2.88. The molecule has 0 saturated carbocycles. The van der Waals surface area contributed by atoms with Crippen LogP contribution in [0.3, 0.4) is 0 Å². The fraction of sp³-hybridized carbons (Fsp3) is 0.333. The lowest BCUT2D eigenvalue weighted by molar-refractivity contribution is 0.824. The molecule has 0 aliphatic rings. The minimum Gasteiger partial charge on any atom is -0.356 e. The van der Waals surface area contributed by atoms with Crippen LogP contribution in [0.5, 0.6) is 0 Å². The van der Waals surface area contributed by atoms with Gasteiger partial charge in [0.15, 0.2) is 0 Å². The lowest BCUT2D eigenvalue weighted by Crippen LogP contribution is -2.02. The van der Waals surface area contributed by atoms with E-state index in [-0.39, 0.29) is 0 Å². The van der Waals surface area contributed by atoms with Gasteiger partial charge in [-0.15, -0.1) is 10.2 Å². The monoisotopic (exact) mass is 314 g/mol. The third-order valence-corrected chi connectivity index (χ3v) is 4.49. The maximum atomic E-state index is 4.18. The summed E-state index contributed by atoms with van der Waals surface area (Å²) in [7, 11) is 0. The standard InChI is InChI=1S/C15H18N6S/c1-10(2)14-19-20-15(22-14)17-7-12-4-5-13(11(3)6-12)21-9-16-8-18-21/h4-6,8-10H,7H2,1-3H3,(H,17,20). The number of rotatable bonds is 5. The zero-order chi connectivity index (χ0) is 15.5. The summed E-state index contributed by atoms with van der Waals surface area (Å²) in [6.45, 7) is 7.04.